The summed E-state index contributed by atoms with van der Waals surface area (Å²) in [6.45, 7) is 10.1. The van der Waals surface area contributed by atoms with Gasteiger partial charge in [-0.3, -0.25) is 23.9 Å². The van der Waals surface area contributed by atoms with Gasteiger partial charge in [-0.05, 0) is 97.8 Å². The predicted molar refractivity (Wildman–Crippen MR) is 185 cm³/mol. The van der Waals surface area contributed by atoms with Crippen LogP contribution in [0.1, 0.15) is 108 Å². The van der Waals surface area contributed by atoms with E-state index in [4.69, 9.17) is 0 Å². The summed E-state index contributed by atoms with van der Waals surface area (Å²) >= 11 is 0. The Labute approximate surface area is 285 Å². The zero-order chi connectivity index (χ0) is 34.3. The first-order chi connectivity index (χ1) is 22.8. The molecule has 2 aromatic rings. The molecule has 4 amide bonds. The molecular weight excluding hydrogens is 604 g/mol. The molecule has 2 unspecified atom stereocenters. The lowest BCUT2D eigenvalue weighted by atomic mass is 9.66. The molecule has 2 heterocycles. The van der Waals surface area contributed by atoms with Crippen LogP contribution >= 0.6 is 0 Å². The largest absolute Gasteiger partial charge is 0.355 e. The van der Waals surface area contributed by atoms with Gasteiger partial charge in [0.15, 0.2) is 0 Å². The predicted octanol–water partition coefficient (Wildman–Crippen LogP) is 5.20. The van der Waals surface area contributed by atoms with E-state index in [2.05, 4.69) is 34.9 Å². The fourth-order valence-corrected chi connectivity index (χ4v) is 8.58. The Kier molecular flexibility index (Phi) is 9.48. The summed E-state index contributed by atoms with van der Waals surface area (Å²) in [6, 6.07) is 8.69. The second-order valence-corrected chi connectivity index (χ2v) is 16.1. The minimum Gasteiger partial charge on any atom is -0.355 e. The molecule has 4 fully saturated rings. The van der Waals surface area contributed by atoms with Crippen LogP contribution in [0.3, 0.4) is 0 Å². The number of carbonyl (C=O) groups is 4. The number of hydrogen-bond acceptors (Lipinski definition) is 5. The van der Waals surface area contributed by atoms with Crippen molar-refractivity contribution in [1.29, 1.82) is 0 Å². The Bertz CT molecular complexity index is 1510. The minimum atomic E-state index is -0.791. The second-order valence-electron chi connectivity index (χ2n) is 16.1. The van der Waals surface area contributed by atoms with Crippen molar-refractivity contribution in [2.75, 3.05) is 25.0 Å². The molecule has 0 radical (unpaired) electrons. The molecule has 6 rings (SSSR count). The molecule has 1 aromatic heterocycles. The van der Waals surface area contributed by atoms with Gasteiger partial charge in [-0.2, -0.15) is 5.10 Å². The van der Waals surface area contributed by atoms with E-state index >= 15 is 0 Å². The molecule has 260 valence electrons. The number of aromatic nitrogens is 2. The number of nitrogens with zero attached hydrogens (tertiary/aromatic N) is 3. The SMILES string of the molecule is CC(=O)N1CCC(C(C)(C(=O)NCC2(C)CCC2)c2ccc(NC(=O)[C@@H](NC(=O)c3ccnn3C)C(C3CCC3)C3(C)CC3)cc2)CC1. The monoisotopic (exact) mass is 658 g/mol. The van der Waals surface area contributed by atoms with Crippen molar-refractivity contribution >= 4 is 29.3 Å². The van der Waals surface area contributed by atoms with E-state index < -0.39 is 11.5 Å². The highest BCUT2D eigenvalue weighted by Crippen LogP contribution is 2.58. The van der Waals surface area contributed by atoms with Crippen LogP contribution in [-0.4, -0.2) is 64.0 Å². The third kappa shape index (κ3) is 6.77. The molecule has 3 atom stereocenters. The zero-order valence-electron chi connectivity index (χ0n) is 29.4. The van der Waals surface area contributed by atoms with Gasteiger partial charge >= 0.3 is 0 Å². The minimum absolute atomic E-state index is 0.0210. The Morgan fingerprint density at radius 1 is 0.958 bits per heavy atom. The molecule has 1 saturated heterocycles. The van der Waals surface area contributed by atoms with Gasteiger partial charge in [0.25, 0.3) is 5.91 Å². The van der Waals surface area contributed by atoms with Gasteiger partial charge in [0.2, 0.25) is 17.7 Å². The van der Waals surface area contributed by atoms with E-state index in [0.29, 0.717) is 36.9 Å². The van der Waals surface area contributed by atoms with Gasteiger partial charge in [-0.1, -0.05) is 51.7 Å². The fourth-order valence-electron chi connectivity index (χ4n) is 8.58. The van der Waals surface area contributed by atoms with Gasteiger partial charge in [-0.15, -0.1) is 0 Å². The van der Waals surface area contributed by atoms with Crippen LogP contribution in [0.15, 0.2) is 36.5 Å². The van der Waals surface area contributed by atoms with Crippen molar-refractivity contribution in [2.24, 2.45) is 35.6 Å². The Balaban J connectivity index is 1.22. The van der Waals surface area contributed by atoms with Crippen LogP contribution in [0, 0.1) is 28.6 Å². The van der Waals surface area contributed by atoms with Crippen molar-refractivity contribution in [3.05, 3.63) is 47.8 Å². The lowest BCUT2D eigenvalue weighted by molar-refractivity contribution is -0.132. The topological polar surface area (TPSA) is 125 Å². The van der Waals surface area contributed by atoms with Crippen LogP contribution in [0.2, 0.25) is 0 Å². The second kappa shape index (κ2) is 13.3. The Hall–Kier alpha value is -3.69. The standard InChI is InChI=1S/C38H54N6O4/c1-25(45)44-22-15-28(16-23-44)38(4,35(48)39-24-36(2)17-7-18-36)27-10-12-29(13-11-27)41-34(47)32(42-33(46)30-14-21-40-43(30)5)31(26-8-6-9-26)37(3)19-20-37/h10-14,21,26,28,31-32H,6-9,15-20,22-24H2,1-5H3,(H,39,48)(H,41,47)(H,42,46)/t31?,32-,38?/m0/s1. The molecule has 0 spiro atoms. The van der Waals surface area contributed by atoms with Gasteiger partial charge in [0, 0.05) is 45.5 Å². The third-order valence-electron chi connectivity index (χ3n) is 12.7. The molecule has 1 aromatic carbocycles. The Morgan fingerprint density at radius 3 is 2.12 bits per heavy atom. The highest BCUT2D eigenvalue weighted by molar-refractivity contribution is 6.01. The molecule has 3 saturated carbocycles. The maximum atomic E-state index is 14.2. The first kappa shape index (κ1) is 34.2. The average molecular weight is 659 g/mol. The molecule has 3 N–H and O–H groups in total. The first-order valence-corrected chi connectivity index (χ1v) is 18.1. The van der Waals surface area contributed by atoms with Crippen LogP contribution in [0.5, 0.6) is 0 Å². The molecule has 4 aliphatic rings. The molecule has 1 aliphatic heterocycles. The number of likely N-dealkylation sites (tertiary alicyclic amines) is 1. The number of hydrogen-bond donors (Lipinski definition) is 3. The third-order valence-corrected chi connectivity index (χ3v) is 12.7. The van der Waals surface area contributed by atoms with Crippen molar-refractivity contribution in [2.45, 2.75) is 103 Å². The summed E-state index contributed by atoms with van der Waals surface area (Å²) in [7, 11) is 1.73. The van der Waals surface area contributed by atoms with Gasteiger partial charge in [0.05, 0.1) is 5.41 Å². The summed E-state index contributed by atoms with van der Waals surface area (Å²) in [4.78, 5) is 55.6. The van der Waals surface area contributed by atoms with Crippen molar-refractivity contribution < 1.29 is 19.2 Å². The number of aryl methyl sites for hydroxylation is 1. The smallest absolute Gasteiger partial charge is 0.270 e. The van der Waals surface area contributed by atoms with Crippen molar-refractivity contribution in [3.63, 3.8) is 0 Å². The maximum Gasteiger partial charge on any atom is 0.270 e. The lowest BCUT2D eigenvalue weighted by Crippen LogP contribution is -2.54. The number of carbonyl (C=O) groups excluding carboxylic acids is 4. The highest BCUT2D eigenvalue weighted by Gasteiger charge is 2.54. The van der Waals surface area contributed by atoms with Crippen LogP contribution in [-0.2, 0) is 26.8 Å². The van der Waals surface area contributed by atoms with Crippen molar-refractivity contribution in [1.82, 2.24) is 25.3 Å². The van der Waals surface area contributed by atoms with E-state index in [1.54, 1.807) is 26.2 Å². The van der Waals surface area contributed by atoms with Gasteiger partial charge < -0.3 is 20.9 Å². The molecular formula is C38H54N6O4. The number of nitrogens with one attached hydrogen (secondary N) is 3. The highest BCUT2D eigenvalue weighted by atomic mass is 16.2. The van der Waals surface area contributed by atoms with Crippen molar-refractivity contribution in [3.8, 4) is 0 Å². The maximum absolute atomic E-state index is 14.2. The molecule has 0 bridgehead atoms. The van der Waals surface area contributed by atoms with E-state index in [1.807, 2.05) is 36.1 Å². The lowest BCUT2D eigenvalue weighted by Gasteiger charge is -2.44. The number of piperidine rings is 1. The summed E-state index contributed by atoms with van der Waals surface area (Å²) in [5.74, 6) is 0.0973. The summed E-state index contributed by atoms with van der Waals surface area (Å²) in [6.07, 6.45) is 12.0. The zero-order valence-corrected chi connectivity index (χ0v) is 29.4. The number of rotatable bonds is 12. The van der Waals surface area contributed by atoms with E-state index in [1.165, 1.54) is 11.1 Å². The van der Waals surface area contributed by atoms with E-state index in [-0.39, 0.29) is 46.3 Å². The molecule has 10 nitrogen and oxygen atoms in total. The van der Waals surface area contributed by atoms with E-state index in [0.717, 1.165) is 63.4 Å². The normalized spacial score (nSPS) is 22.6. The van der Waals surface area contributed by atoms with Crippen LogP contribution < -0.4 is 16.0 Å². The number of amides is 4. The quantitative estimate of drug-likeness (QED) is 0.289. The van der Waals surface area contributed by atoms with E-state index in [9.17, 15) is 19.2 Å². The summed E-state index contributed by atoms with van der Waals surface area (Å²) < 4.78 is 1.53. The molecule has 48 heavy (non-hydrogen) atoms. The number of anilines is 1. The fraction of sp³-hybridized carbons (Fsp3) is 0.658. The summed E-state index contributed by atoms with van der Waals surface area (Å²) in [5, 5.41) is 13.7. The number of benzene rings is 1. The summed E-state index contributed by atoms with van der Waals surface area (Å²) in [5.41, 5.74) is 1.34. The first-order valence-electron chi connectivity index (χ1n) is 18.1. The average Bonchev–Trinajstić information content (AvgIpc) is 3.63. The molecule has 3 aliphatic carbocycles. The van der Waals surface area contributed by atoms with Gasteiger partial charge in [-0.25, -0.2) is 0 Å². The Morgan fingerprint density at radius 2 is 1.62 bits per heavy atom. The van der Waals surface area contributed by atoms with Gasteiger partial charge in [0.1, 0.15) is 11.7 Å². The molecule has 10 heteroatoms. The van der Waals surface area contributed by atoms with Crippen LogP contribution in [0.4, 0.5) is 5.69 Å². The van der Waals surface area contributed by atoms with Crippen LogP contribution in [0.25, 0.3) is 0 Å².